The van der Waals surface area contributed by atoms with Crippen molar-refractivity contribution in [2.45, 2.75) is 35.5 Å². The third-order valence-corrected chi connectivity index (χ3v) is 14.1. The number of aromatic nitrogens is 3. The SMILES string of the molecule is Cn1ccc2cc(S(=O)(=O)NCC3CN(CCCc4noc5cc(F)ccc45)C3)ccc21.O=S(=O)(NCC1CN(CCCc2noc3cc(F)ccc23)C1)c1cccc(O)c1. The van der Waals surface area contributed by atoms with Gasteiger partial charge in [-0.05, 0) is 117 Å². The Morgan fingerprint density at radius 3 is 1.74 bits per heavy atom. The first-order chi connectivity index (χ1) is 29.3. The Labute approximate surface area is 352 Å². The average molecular weight is 876 g/mol. The van der Waals surface area contributed by atoms with Crippen LogP contribution in [0.2, 0.25) is 0 Å². The van der Waals surface area contributed by atoms with Crippen molar-refractivity contribution >= 4 is 52.9 Å². The van der Waals surface area contributed by atoms with Crippen LogP contribution in [0, 0.1) is 23.5 Å². The zero-order valence-electron chi connectivity index (χ0n) is 33.5. The number of hydrogen-bond donors (Lipinski definition) is 3. The number of rotatable bonds is 16. The van der Waals surface area contributed by atoms with Crippen molar-refractivity contribution in [3.63, 3.8) is 0 Å². The maximum absolute atomic E-state index is 13.3. The van der Waals surface area contributed by atoms with E-state index < -0.39 is 20.0 Å². The van der Waals surface area contributed by atoms with Crippen molar-refractivity contribution in [1.29, 1.82) is 0 Å². The molecule has 4 aromatic carbocycles. The van der Waals surface area contributed by atoms with Gasteiger partial charge in [0.25, 0.3) is 0 Å². The van der Waals surface area contributed by atoms with E-state index in [-0.39, 0.29) is 28.2 Å². The Kier molecular flexibility index (Phi) is 12.5. The molecular weight excluding hydrogens is 829 g/mol. The van der Waals surface area contributed by atoms with Crippen molar-refractivity contribution in [2.75, 3.05) is 52.4 Å². The fourth-order valence-corrected chi connectivity index (χ4v) is 10.2. The van der Waals surface area contributed by atoms with Crippen LogP contribution in [0.3, 0.4) is 0 Å². The van der Waals surface area contributed by atoms with Gasteiger partial charge in [-0.1, -0.05) is 16.4 Å². The number of likely N-dealkylation sites (tertiary alicyclic amines) is 2. The molecule has 14 nitrogen and oxygen atoms in total. The quantitative estimate of drug-likeness (QED) is 0.107. The molecule has 3 aromatic heterocycles. The minimum absolute atomic E-state index is 0.0633. The summed E-state index contributed by atoms with van der Waals surface area (Å²) >= 11 is 0. The molecule has 0 spiro atoms. The molecule has 322 valence electrons. The molecule has 0 unspecified atom stereocenters. The molecule has 7 aromatic rings. The van der Waals surface area contributed by atoms with Gasteiger partial charge in [-0.2, -0.15) is 0 Å². The molecule has 0 aliphatic carbocycles. The highest BCUT2D eigenvalue weighted by Gasteiger charge is 2.29. The van der Waals surface area contributed by atoms with Gasteiger partial charge < -0.3 is 28.5 Å². The van der Waals surface area contributed by atoms with Crippen molar-refractivity contribution in [1.82, 2.24) is 34.1 Å². The second-order valence-electron chi connectivity index (χ2n) is 15.8. The smallest absolute Gasteiger partial charge is 0.240 e. The van der Waals surface area contributed by atoms with E-state index in [1.165, 1.54) is 48.5 Å². The predicted molar refractivity (Wildman–Crippen MR) is 226 cm³/mol. The minimum atomic E-state index is -3.62. The van der Waals surface area contributed by atoms with Crippen LogP contribution in [0.25, 0.3) is 32.8 Å². The maximum Gasteiger partial charge on any atom is 0.240 e. The van der Waals surface area contributed by atoms with Gasteiger partial charge in [0.05, 0.1) is 21.2 Å². The number of aromatic hydroxyl groups is 1. The van der Waals surface area contributed by atoms with Crippen LogP contribution in [0.15, 0.2) is 110 Å². The second-order valence-corrected chi connectivity index (χ2v) is 19.4. The van der Waals surface area contributed by atoms with Gasteiger partial charge in [-0.3, -0.25) is 0 Å². The maximum atomic E-state index is 13.3. The molecule has 2 aliphatic rings. The zero-order chi connectivity index (χ0) is 42.7. The fraction of sp³-hybridized carbons (Fsp3) is 0.349. The number of sulfonamides is 2. The van der Waals surface area contributed by atoms with Crippen LogP contribution in [0.4, 0.5) is 8.78 Å². The molecule has 9 rings (SSSR count). The summed E-state index contributed by atoms with van der Waals surface area (Å²) in [5, 5.41) is 20.1. The van der Waals surface area contributed by atoms with Gasteiger partial charge in [-0.25, -0.2) is 35.1 Å². The molecule has 0 radical (unpaired) electrons. The average Bonchev–Trinajstić information content (AvgIpc) is 3.91. The molecule has 0 saturated carbocycles. The van der Waals surface area contributed by atoms with E-state index in [0.717, 1.165) is 98.0 Å². The van der Waals surface area contributed by atoms with E-state index in [9.17, 15) is 30.7 Å². The molecule has 3 N–H and O–H groups in total. The number of nitrogens with zero attached hydrogens (tertiary/aromatic N) is 5. The van der Waals surface area contributed by atoms with Crippen molar-refractivity contribution in [3.8, 4) is 5.75 Å². The van der Waals surface area contributed by atoms with Crippen LogP contribution >= 0.6 is 0 Å². The Bertz CT molecular complexity index is 2870. The summed E-state index contributed by atoms with van der Waals surface area (Å²) < 4.78 is 94.0. The lowest BCUT2D eigenvalue weighted by Gasteiger charge is -2.39. The summed E-state index contributed by atoms with van der Waals surface area (Å²) in [6, 6.07) is 21.7. The first-order valence-electron chi connectivity index (χ1n) is 20.2. The van der Waals surface area contributed by atoms with E-state index >= 15 is 0 Å². The lowest BCUT2D eigenvalue weighted by molar-refractivity contribution is 0.102. The van der Waals surface area contributed by atoms with Gasteiger partial charge in [0.2, 0.25) is 20.0 Å². The highest BCUT2D eigenvalue weighted by molar-refractivity contribution is 7.89. The summed E-state index contributed by atoms with van der Waals surface area (Å²) in [6.07, 6.45) is 5.22. The highest BCUT2D eigenvalue weighted by Crippen LogP contribution is 2.25. The van der Waals surface area contributed by atoms with Crippen LogP contribution in [0.5, 0.6) is 5.75 Å². The summed E-state index contributed by atoms with van der Waals surface area (Å²) in [4.78, 5) is 4.92. The first kappa shape index (κ1) is 42.5. The number of hydrogen-bond acceptors (Lipinski definition) is 11. The molecule has 0 atom stereocenters. The molecule has 2 aliphatic heterocycles. The normalized spacial score (nSPS) is 15.6. The van der Waals surface area contributed by atoms with Gasteiger partial charge in [0, 0.05) is 86.3 Å². The van der Waals surface area contributed by atoms with E-state index in [2.05, 4.69) is 29.6 Å². The molecular formula is C43H47F2N7O7S2. The minimum Gasteiger partial charge on any atom is -0.508 e. The third-order valence-electron chi connectivity index (χ3n) is 11.3. The zero-order valence-corrected chi connectivity index (χ0v) is 35.1. The highest BCUT2D eigenvalue weighted by atomic mass is 32.2. The molecule has 0 bridgehead atoms. The number of aryl methyl sites for hydroxylation is 3. The monoisotopic (exact) mass is 875 g/mol. The number of nitrogens with one attached hydrogen (secondary N) is 2. The lowest BCUT2D eigenvalue weighted by atomic mass is 10.00. The third kappa shape index (κ3) is 10.1. The molecule has 2 saturated heterocycles. The molecule has 2 fully saturated rings. The number of fused-ring (bicyclic) bond motifs is 3. The summed E-state index contributed by atoms with van der Waals surface area (Å²) in [7, 11) is -5.20. The first-order valence-corrected chi connectivity index (χ1v) is 23.1. The van der Waals surface area contributed by atoms with Crippen LogP contribution in [0.1, 0.15) is 24.2 Å². The molecule has 5 heterocycles. The number of halogens is 2. The van der Waals surface area contributed by atoms with Crippen LogP contribution in [-0.4, -0.2) is 99.0 Å². The Morgan fingerprint density at radius 2 is 1.21 bits per heavy atom. The number of benzene rings is 4. The van der Waals surface area contributed by atoms with Crippen molar-refractivity contribution in [3.05, 3.63) is 114 Å². The predicted octanol–water partition coefficient (Wildman–Crippen LogP) is 5.82. The Morgan fingerprint density at radius 1 is 0.689 bits per heavy atom. The van der Waals surface area contributed by atoms with Gasteiger partial charge in [0.1, 0.15) is 17.4 Å². The molecule has 61 heavy (non-hydrogen) atoms. The standard InChI is InChI=1S/C23H25FN4O3S.C20H22FN3O4S/c1-27-10-8-17-11-19(5-7-22(17)27)32(29,30)25-13-16-14-28(15-16)9-2-3-21-20-6-4-18(24)12-23(20)31-26-21;21-15-6-7-18-19(23-28-20(18)9-15)5-2-8-24-12-14(13-24)11-22-29(26,27)17-4-1-3-16(25)10-17/h4-8,10-12,16,25H,2-3,9,13-15H2,1H3;1,3-4,6-7,9-10,14,22,25H,2,5,8,11-13H2. The topological polar surface area (TPSA) is 176 Å². The number of phenols is 1. The van der Waals surface area contributed by atoms with E-state index in [4.69, 9.17) is 9.05 Å². The van der Waals surface area contributed by atoms with Gasteiger partial charge in [-0.15, -0.1) is 0 Å². The molecule has 18 heteroatoms. The lowest BCUT2D eigenvalue weighted by Crippen LogP contribution is -2.51. The van der Waals surface area contributed by atoms with E-state index in [1.807, 2.05) is 29.9 Å². The van der Waals surface area contributed by atoms with Gasteiger partial charge in [0.15, 0.2) is 11.2 Å². The van der Waals surface area contributed by atoms with Crippen molar-refractivity contribution in [2.24, 2.45) is 18.9 Å². The Hall–Kier alpha value is -5.24. The Balaban J connectivity index is 0.000000169. The van der Waals surface area contributed by atoms with E-state index in [0.29, 0.717) is 35.1 Å². The molecule has 0 amide bonds. The summed E-state index contributed by atoms with van der Waals surface area (Å²) in [5.41, 5.74) is 3.62. The number of phenolic OH excluding ortho intramolecular Hbond substituents is 1. The summed E-state index contributed by atoms with van der Waals surface area (Å²) in [6.45, 7) is 5.98. The van der Waals surface area contributed by atoms with E-state index in [1.54, 1.807) is 24.3 Å². The second kappa shape index (κ2) is 18.0. The van der Waals surface area contributed by atoms with Crippen LogP contribution < -0.4 is 9.44 Å². The largest absolute Gasteiger partial charge is 0.508 e. The fourth-order valence-electron chi connectivity index (χ4n) is 7.90. The van der Waals surface area contributed by atoms with Gasteiger partial charge >= 0.3 is 0 Å². The van der Waals surface area contributed by atoms with Crippen molar-refractivity contribution < 1.29 is 39.8 Å². The summed E-state index contributed by atoms with van der Waals surface area (Å²) in [5.74, 6) is -0.179. The van der Waals surface area contributed by atoms with Crippen LogP contribution in [-0.2, 0) is 39.9 Å².